The zero-order valence-electron chi connectivity index (χ0n) is 6.40. The second-order valence-corrected chi connectivity index (χ2v) is 10.9. The summed E-state index contributed by atoms with van der Waals surface area (Å²) in [6.07, 6.45) is 1.03. The highest BCUT2D eigenvalue weighted by atomic mass is 80.0. The third kappa shape index (κ3) is 3.95. The van der Waals surface area contributed by atoms with Crippen molar-refractivity contribution in [2.24, 2.45) is 11.8 Å². The van der Waals surface area contributed by atoms with Gasteiger partial charge in [-0.25, -0.2) is 0 Å². The average molecular weight is 430 g/mol. The summed E-state index contributed by atoms with van der Waals surface area (Å²) in [7, 11) is 0. The molecule has 0 aromatic rings. The standard InChI is InChI=1S/C7H10Br4O/c8-2-6-4-12-3-5(6)1-7(9,10)11/h5-6H,1-4H2/t5-,6+/m0/s1. The summed E-state index contributed by atoms with van der Waals surface area (Å²) in [6.45, 7) is 1.76. The minimum Gasteiger partial charge on any atom is -0.381 e. The zero-order chi connectivity index (χ0) is 9.19. The summed E-state index contributed by atoms with van der Waals surface area (Å²) in [5.74, 6) is 1.28. The maximum Gasteiger partial charge on any atom is 0.135 e. The Hall–Kier alpha value is 1.88. The first kappa shape index (κ1) is 12.0. The van der Waals surface area contributed by atoms with Crippen LogP contribution in [-0.4, -0.2) is 20.7 Å². The van der Waals surface area contributed by atoms with E-state index in [0.717, 1.165) is 25.0 Å². The third-order valence-electron chi connectivity index (χ3n) is 2.02. The average Bonchev–Trinajstić information content (AvgIpc) is 2.31. The molecule has 0 aromatic heterocycles. The fourth-order valence-electron chi connectivity index (χ4n) is 1.34. The summed E-state index contributed by atoms with van der Waals surface area (Å²) in [5.41, 5.74) is 0. The van der Waals surface area contributed by atoms with Crippen molar-refractivity contribution in [1.82, 2.24) is 0 Å². The Morgan fingerprint density at radius 1 is 1.17 bits per heavy atom. The van der Waals surface area contributed by atoms with Crippen molar-refractivity contribution < 1.29 is 4.74 Å². The van der Waals surface area contributed by atoms with E-state index in [9.17, 15) is 0 Å². The number of hydrogen-bond acceptors (Lipinski definition) is 1. The summed E-state index contributed by atoms with van der Waals surface area (Å²) >= 11 is 14.0. The van der Waals surface area contributed by atoms with Gasteiger partial charge in [0, 0.05) is 11.9 Å². The molecule has 0 spiro atoms. The van der Waals surface area contributed by atoms with E-state index >= 15 is 0 Å². The topological polar surface area (TPSA) is 9.23 Å². The van der Waals surface area contributed by atoms with Crippen LogP contribution in [0.3, 0.4) is 0 Å². The number of rotatable bonds is 2. The van der Waals surface area contributed by atoms with Gasteiger partial charge in [0.25, 0.3) is 0 Å². The molecule has 0 amide bonds. The van der Waals surface area contributed by atoms with E-state index in [1.807, 2.05) is 0 Å². The van der Waals surface area contributed by atoms with E-state index in [4.69, 9.17) is 4.74 Å². The summed E-state index contributed by atoms with van der Waals surface area (Å²) in [5, 5.41) is 1.03. The Morgan fingerprint density at radius 2 is 1.75 bits per heavy atom. The van der Waals surface area contributed by atoms with Gasteiger partial charge < -0.3 is 4.74 Å². The molecule has 0 radical (unpaired) electrons. The number of ether oxygens (including phenoxy) is 1. The number of halogens is 4. The lowest BCUT2D eigenvalue weighted by Gasteiger charge is -2.20. The molecule has 2 atom stereocenters. The zero-order valence-corrected chi connectivity index (χ0v) is 12.7. The lowest BCUT2D eigenvalue weighted by atomic mass is 9.96. The molecule has 1 aliphatic rings. The fourth-order valence-corrected chi connectivity index (χ4v) is 3.30. The van der Waals surface area contributed by atoms with Gasteiger partial charge in [0.05, 0.1) is 6.61 Å². The van der Waals surface area contributed by atoms with E-state index in [1.165, 1.54) is 0 Å². The van der Waals surface area contributed by atoms with Gasteiger partial charge >= 0.3 is 0 Å². The van der Waals surface area contributed by atoms with Crippen molar-refractivity contribution in [3.8, 4) is 0 Å². The molecule has 0 aromatic carbocycles. The lowest BCUT2D eigenvalue weighted by Crippen LogP contribution is -2.19. The fraction of sp³-hybridized carbons (Fsp3) is 1.00. The molecule has 0 aliphatic carbocycles. The first-order valence-electron chi connectivity index (χ1n) is 3.73. The van der Waals surface area contributed by atoms with Crippen LogP contribution >= 0.6 is 63.7 Å². The first-order chi connectivity index (χ1) is 5.53. The van der Waals surface area contributed by atoms with Crippen LogP contribution in [0.2, 0.25) is 0 Å². The molecule has 0 saturated carbocycles. The van der Waals surface area contributed by atoms with Gasteiger partial charge in [-0.05, 0) is 18.3 Å². The predicted octanol–water partition coefficient (Wildman–Crippen LogP) is 3.87. The smallest absolute Gasteiger partial charge is 0.135 e. The highest BCUT2D eigenvalue weighted by molar-refractivity contribution is 9.39. The molecule has 1 aliphatic heterocycles. The van der Waals surface area contributed by atoms with Crippen molar-refractivity contribution in [3.63, 3.8) is 0 Å². The molecule has 5 heteroatoms. The van der Waals surface area contributed by atoms with Crippen molar-refractivity contribution in [1.29, 1.82) is 0 Å². The lowest BCUT2D eigenvalue weighted by molar-refractivity contribution is 0.181. The van der Waals surface area contributed by atoms with Crippen LogP contribution < -0.4 is 0 Å². The van der Waals surface area contributed by atoms with E-state index in [1.54, 1.807) is 0 Å². The SMILES string of the molecule is BrC[C@@H]1COC[C@@H]1CC(Br)(Br)Br. The molecule has 0 unspecified atom stereocenters. The van der Waals surface area contributed by atoms with Gasteiger partial charge in [0.1, 0.15) is 2.14 Å². The number of hydrogen-bond donors (Lipinski definition) is 0. The third-order valence-corrected chi connectivity index (χ3v) is 3.83. The highest BCUT2D eigenvalue weighted by Gasteiger charge is 2.33. The van der Waals surface area contributed by atoms with Crippen LogP contribution in [0.1, 0.15) is 6.42 Å². The molecule has 1 saturated heterocycles. The number of alkyl halides is 4. The molecule has 12 heavy (non-hydrogen) atoms. The molecule has 1 fully saturated rings. The van der Waals surface area contributed by atoms with Crippen LogP contribution in [0.25, 0.3) is 0 Å². The molecular formula is C7H10Br4O. The van der Waals surface area contributed by atoms with Crippen molar-refractivity contribution in [2.75, 3.05) is 18.5 Å². The predicted molar refractivity (Wildman–Crippen MR) is 65.7 cm³/mol. The van der Waals surface area contributed by atoms with Gasteiger partial charge in [0.2, 0.25) is 0 Å². The van der Waals surface area contributed by atoms with E-state index in [2.05, 4.69) is 63.7 Å². The molecule has 72 valence electrons. The molecule has 1 nitrogen and oxygen atoms in total. The van der Waals surface area contributed by atoms with Crippen LogP contribution in [-0.2, 0) is 4.74 Å². The second kappa shape index (κ2) is 5.10. The Kier molecular flexibility index (Phi) is 5.08. The Bertz CT molecular complexity index is 145. The summed E-state index contributed by atoms with van der Waals surface area (Å²) in [6, 6.07) is 0. The van der Waals surface area contributed by atoms with Crippen molar-refractivity contribution in [2.45, 2.75) is 8.56 Å². The van der Waals surface area contributed by atoms with Crippen LogP contribution in [0.4, 0.5) is 0 Å². The van der Waals surface area contributed by atoms with Gasteiger partial charge in [-0.15, -0.1) is 0 Å². The normalized spacial score (nSPS) is 31.0. The van der Waals surface area contributed by atoms with E-state index < -0.39 is 0 Å². The van der Waals surface area contributed by atoms with Crippen LogP contribution in [0.15, 0.2) is 0 Å². The second-order valence-electron chi connectivity index (χ2n) is 3.03. The molecule has 1 rings (SSSR count). The largest absolute Gasteiger partial charge is 0.381 e. The summed E-state index contributed by atoms with van der Waals surface area (Å²) < 4.78 is 5.29. The highest BCUT2D eigenvalue weighted by Crippen LogP contribution is 2.42. The Balaban J connectivity index is 2.41. The van der Waals surface area contributed by atoms with E-state index in [-0.39, 0.29) is 2.14 Å². The molecule has 0 N–H and O–H groups in total. The maximum atomic E-state index is 5.41. The molecule has 0 bridgehead atoms. The first-order valence-corrected chi connectivity index (χ1v) is 7.23. The van der Waals surface area contributed by atoms with E-state index in [0.29, 0.717) is 11.8 Å². The molecule has 1 heterocycles. The van der Waals surface area contributed by atoms with Crippen LogP contribution in [0.5, 0.6) is 0 Å². The van der Waals surface area contributed by atoms with Gasteiger partial charge in [-0.1, -0.05) is 63.7 Å². The minimum absolute atomic E-state index is 0.119. The minimum atomic E-state index is -0.119. The monoisotopic (exact) mass is 426 g/mol. The maximum absolute atomic E-state index is 5.41. The summed E-state index contributed by atoms with van der Waals surface area (Å²) in [4.78, 5) is 0. The molecular weight excluding hydrogens is 420 g/mol. The van der Waals surface area contributed by atoms with Gasteiger partial charge in [0.15, 0.2) is 0 Å². The van der Waals surface area contributed by atoms with Gasteiger partial charge in [-0.3, -0.25) is 0 Å². The Morgan fingerprint density at radius 3 is 2.25 bits per heavy atom. The van der Waals surface area contributed by atoms with Crippen molar-refractivity contribution >= 4 is 63.7 Å². The van der Waals surface area contributed by atoms with Crippen LogP contribution in [0, 0.1) is 11.8 Å². The Labute approximate surface area is 107 Å². The van der Waals surface area contributed by atoms with Gasteiger partial charge in [-0.2, -0.15) is 0 Å². The van der Waals surface area contributed by atoms with Crippen molar-refractivity contribution in [3.05, 3.63) is 0 Å². The quantitative estimate of drug-likeness (QED) is 0.606.